The minimum atomic E-state index is 0.265. The lowest BCUT2D eigenvalue weighted by molar-refractivity contribution is -0.124. The van der Waals surface area contributed by atoms with Crippen LogP contribution in [0.4, 0.5) is 0 Å². The zero-order chi connectivity index (χ0) is 11.5. The molecule has 3 nitrogen and oxygen atoms in total. The van der Waals surface area contributed by atoms with Crippen LogP contribution in [-0.2, 0) is 4.79 Å². The van der Waals surface area contributed by atoms with Crippen molar-refractivity contribution in [2.75, 3.05) is 25.0 Å². The number of hydrogen-bond donors (Lipinski definition) is 1. The largest absolute Gasteiger partial charge is 0.354 e. The Morgan fingerprint density at radius 3 is 3.12 bits per heavy atom. The van der Waals surface area contributed by atoms with Gasteiger partial charge in [-0.25, -0.2) is 0 Å². The lowest BCUT2D eigenvalue weighted by Gasteiger charge is -2.37. The van der Waals surface area contributed by atoms with Gasteiger partial charge in [0.25, 0.3) is 0 Å². The van der Waals surface area contributed by atoms with Crippen molar-refractivity contribution >= 4 is 21.8 Å². The van der Waals surface area contributed by atoms with Crippen LogP contribution in [0, 0.1) is 11.8 Å². The molecular weight excluding hydrogens is 268 g/mol. The third-order valence-corrected chi connectivity index (χ3v) is 4.92. The molecule has 92 valence electrons. The number of nitrogens with zero attached hydrogens (tertiary/aromatic N) is 1. The van der Waals surface area contributed by atoms with Gasteiger partial charge in [-0.05, 0) is 25.3 Å². The highest BCUT2D eigenvalue weighted by atomic mass is 79.9. The first-order valence-electron chi connectivity index (χ1n) is 6.34. The summed E-state index contributed by atoms with van der Waals surface area (Å²) in [5, 5.41) is 4.08. The molecule has 16 heavy (non-hydrogen) atoms. The number of amides is 1. The summed E-state index contributed by atoms with van der Waals surface area (Å²) in [4.78, 5) is 14.2. The lowest BCUT2D eigenvalue weighted by Crippen LogP contribution is -2.47. The molecule has 2 aliphatic heterocycles. The number of rotatable bonds is 4. The number of carbonyl (C=O) groups is 1. The fourth-order valence-electron chi connectivity index (χ4n) is 2.89. The first kappa shape index (κ1) is 12.4. The third-order valence-electron chi connectivity index (χ3n) is 4.00. The lowest BCUT2D eigenvalue weighted by atomic mass is 9.90. The number of halogens is 1. The van der Waals surface area contributed by atoms with Gasteiger partial charge >= 0.3 is 0 Å². The molecule has 0 aromatic heterocycles. The van der Waals surface area contributed by atoms with Crippen LogP contribution in [0.5, 0.6) is 0 Å². The van der Waals surface area contributed by atoms with Gasteiger partial charge < -0.3 is 5.32 Å². The molecule has 1 amide bonds. The normalized spacial score (nSPS) is 32.2. The molecule has 0 aliphatic carbocycles. The smallest absolute Gasteiger partial charge is 0.224 e. The van der Waals surface area contributed by atoms with E-state index in [1.54, 1.807) is 0 Å². The van der Waals surface area contributed by atoms with Crippen molar-refractivity contribution in [2.45, 2.75) is 32.2 Å². The average Bonchev–Trinajstić information content (AvgIpc) is 2.69. The van der Waals surface area contributed by atoms with Gasteiger partial charge in [0.1, 0.15) is 0 Å². The van der Waals surface area contributed by atoms with Crippen LogP contribution in [0.3, 0.4) is 0 Å². The van der Waals surface area contributed by atoms with E-state index in [0.717, 1.165) is 30.8 Å². The second kappa shape index (κ2) is 5.50. The Hall–Kier alpha value is -0.0900. The highest BCUT2D eigenvalue weighted by molar-refractivity contribution is 9.09. The Morgan fingerprint density at radius 2 is 2.44 bits per heavy atom. The van der Waals surface area contributed by atoms with E-state index in [4.69, 9.17) is 0 Å². The quantitative estimate of drug-likeness (QED) is 0.798. The van der Waals surface area contributed by atoms with Gasteiger partial charge in [0.15, 0.2) is 0 Å². The minimum Gasteiger partial charge on any atom is -0.354 e. The van der Waals surface area contributed by atoms with Gasteiger partial charge in [0, 0.05) is 24.5 Å². The number of likely N-dealkylation sites (tertiary alicyclic amines) is 1. The highest BCUT2D eigenvalue weighted by Gasteiger charge is 2.40. The number of alkyl halides is 1. The van der Waals surface area contributed by atoms with E-state index in [0.29, 0.717) is 6.04 Å². The monoisotopic (exact) mass is 288 g/mol. The fourth-order valence-corrected chi connectivity index (χ4v) is 3.55. The number of piperidine rings is 1. The first-order valence-corrected chi connectivity index (χ1v) is 7.46. The Kier molecular flexibility index (Phi) is 4.25. The van der Waals surface area contributed by atoms with Crippen molar-refractivity contribution in [3.63, 3.8) is 0 Å². The highest BCUT2D eigenvalue weighted by Crippen LogP contribution is 2.28. The zero-order valence-electron chi connectivity index (χ0n) is 9.92. The summed E-state index contributed by atoms with van der Waals surface area (Å²) >= 11 is 3.58. The molecule has 3 atom stereocenters. The average molecular weight is 289 g/mol. The van der Waals surface area contributed by atoms with Crippen molar-refractivity contribution in [2.24, 2.45) is 11.8 Å². The van der Waals surface area contributed by atoms with Gasteiger partial charge in [-0.1, -0.05) is 29.3 Å². The molecule has 0 spiro atoms. The Morgan fingerprint density at radius 1 is 1.62 bits per heavy atom. The SMILES string of the molecule is CCC(CBr)CN1CCCC2C(=O)NCC21. The van der Waals surface area contributed by atoms with Crippen molar-refractivity contribution in [1.82, 2.24) is 10.2 Å². The first-order chi connectivity index (χ1) is 7.76. The van der Waals surface area contributed by atoms with E-state index >= 15 is 0 Å². The molecule has 4 heteroatoms. The number of hydrogen-bond acceptors (Lipinski definition) is 2. The van der Waals surface area contributed by atoms with Gasteiger partial charge in [0.2, 0.25) is 5.91 Å². The van der Waals surface area contributed by atoms with Gasteiger partial charge in [-0.3, -0.25) is 9.69 Å². The second-order valence-electron chi connectivity index (χ2n) is 4.98. The third kappa shape index (κ3) is 2.43. The molecular formula is C12H21BrN2O. The van der Waals surface area contributed by atoms with Crippen LogP contribution in [0.2, 0.25) is 0 Å². The van der Waals surface area contributed by atoms with Crippen LogP contribution in [-0.4, -0.2) is 41.8 Å². The Balaban J connectivity index is 1.96. The van der Waals surface area contributed by atoms with Gasteiger partial charge in [0.05, 0.1) is 5.92 Å². The Bertz CT molecular complexity index is 255. The molecule has 3 unspecified atom stereocenters. The number of fused-ring (bicyclic) bond motifs is 1. The summed E-state index contributed by atoms with van der Waals surface area (Å²) in [6, 6.07) is 0.467. The molecule has 2 heterocycles. The van der Waals surface area contributed by atoms with Gasteiger partial charge in [-0.2, -0.15) is 0 Å². The number of nitrogens with one attached hydrogen (secondary N) is 1. The maximum Gasteiger partial charge on any atom is 0.224 e. The van der Waals surface area contributed by atoms with Crippen LogP contribution < -0.4 is 5.32 Å². The van der Waals surface area contributed by atoms with Crippen molar-refractivity contribution in [1.29, 1.82) is 0 Å². The van der Waals surface area contributed by atoms with Crippen molar-refractivity contribution in [3.8, 4) is 0 Å². The van der Waals surface area contributed by atoms with E-state index in [-0.39, 0.29) is 11.8 Å². The molecule has 2 rings (SSSR count). The molecule has 1 N–H and O–H groups in total. The summed E-state index contributed by atoms with van der Waals surface area (Å²) < 4.78 is 0. The van der Waals surface area contributed by atoms with E-state index in [9.17, 15) is 4.79 Å². The number of carbonyl (C=O) groups excluding carboxylic acids is 1. The molecule has 0 aromatic rings. The summed E-state index contributed by atoms with van der Waals surface area (Å²) in [6.45, 7) is 5.41. The van der Waals surface area contributed by atoms with E-state index in [1.165, 1.54) is 19.4 Å². The van der Waals surface area contributed by atoms with E-state index in [1.807, 2.05) is 0 Å². The summed E-state index contributed by atoms with van der Waals surface area (Å²) in [6.07, 6.45) is 3.46. The van der Waals surface area contributed by atoms with E-state index in [2.05, 4.69) is 33.1 Å². The summed E-state index contributed by atoms with van der Waals surface area (Å²) in [7, 11) is 0. The predicted molar refractivity (Wildman–Crippen MR) is 68.7 cm³/mol. The van der Waals surface area contributed by atoms with Crippen molar-refractivity contribution in [3.05, 3.63) is 0 Å². The molecule has 2 aliphatic rings. The predicted octanol–water partition coefficient (Wildman–Crippen LogP) is 1.62. The minimum absolute atomic E-state index is 0.265. The molecule has 2 saturated heterocycles. The van der Waals surface area contributed by atoms with Crippen LogP contribution in [0.15, 0.2) is 0 Å². The molecule has 0 bridgehead atoms. The molecule has 0 saturated carbocycles. The van der Waals surface area contributed by atoms with Gasteiger partial charge in [-0.15, -0.1) is 0 Å². The zero-order valence-corrected chi connectivity index (χ0v) is 11.5. The maximum atomic E-state index is 11.6. The van der Waals surface area contributed by atoms with Crippen LogP contribution >= 0.6 is 15.9 Å². The van der Waals surface area contributed by atoms with Crippen LogP contribution in [0.1, 0.15) is 26.2 Å². The standard InChI is InChI=1S/C12H21BrN2O/c1-2-9(6-13)8-15-5-3-4-10-11(15)7-14-12(10)16/h9-11H,2-8H2,1H3,(H,14,16). The second-order valence-corrected chi connectivity index (χ2v) is 5.63. The summed E-state index contributed by atoms with van der Waals surface area (Å²) in [5.74, 6) is 1.26. The molecule has 0 radical (unpaired) electrons. The fraction of sp³-hybridized carbons (Fsp3) is 0.917. The summed E-state index contributed by atoms with van der Waals surface area (Å²) in [5.41, 5.74) is 0. The van der Waals surface area contributed by atoms with Crippen molar-refractivity contribution < 1.29 is 4.79 Å². The van der Waals surface area contributed by atoms with E-state index < -0.39 is 0 Å². The maximum absolute atomic E-state index is 11.6. The van der Waals surface area contributed by atoms with Crippen LogP contribution in [0.25, 0.3) is 0 Å². The topological polar surface area (TPSA) is 32.3 Å². The Labute approximate surface area is 106 Å². The molecule has 2 fully saturated rings. The molecule has 0 aromatic carbocycles.